The lowest BCUT2D eigenvalue weighted by Crippen LogP contribution is -2.54. The van der Waals surface area contributed by atoms with Crippen LogP contribution in [0.5, 0.6) is 0 Å². The summed E-state index contributed by atoms with van der Waals surface area (Å²) < 4.78 is 0. The van der Waals surface area contributed by atoms with Crippen molar-refractivity contribution in [2.75, 3.05) is 44.2 Å². The van der Waals surface area contributed by atoms with Gasteiger partial charge in [-0.2, -0.15) is 0 Å². The molecule has 2 fully saturated rings. The molecule has 0 unspecified atom stereocenters. The highest BCUT2D eigenvalue weighted by Gasteiger charge is 2.38. The summed E-state index contributed by atoms with van der Waals surface area (Å²) in [5.41, 5.74) is 2.73. The van der Waals surface area contributed by atoms with E-state index in [4.69, 9.17) is 11.6 Å². The van der Waals surface area contributed by atoms with Crippen molar-refractivity contribution in [3.8, 4) is 0 Å². The number of fused-ring (bicyclic) bond motifs is 1. The standard InChI is InChI=1S/C24H26ClN5O2/c1-16-2-7-19-20(12-16)26-15-27-23(19)30-13-21(22(31)14-30)28-8-10-29(11-9-28)24(32)17-3-5-18(25)6-4-17/h2-7,12,15,21-22,31H,8-11,13-14H2,1H3/t21-,22-/m1/s1. The second-order valence-electron chi connectivity index (χ2n) is 8.59. The van der Waals surface area contributed by atoms with E-state index >= 15 is 0 Å². The number of piperazine rings is 1. The highest BCUT2D eigenvalue weighted by Crippen LogP contribution is 2.28. The maximum Gasteiger partial charge on any atom is 0.253 e. The minimum atomic E-state index is -0.469. The highest BCUT2D eigenvalue weighted by atomic mass is 35.5. The molecule has 0 spiro atoms. The zero-order chi connectivity index (χ0) is 22.2. The van der Waals surface area contributed by atoms with Crippen LogP contribution in [0.15, 0.2) is 48.8 Å². The fraction of sp³-hybridized carbons (Fsp3) is 0.375. The van der Waals surface area contributed by atoms with Gasteiger partial charge in [-0.3, -0.25) is 9.69 Å². The minimum absolute atomic E-state index is 0.0123. The minimum Gasteiger partial charge on any atom is -0.390 e. The molecule has 1 amide bonds. The average molecular weight is 452 g/mol. The Labute approximate surface area is 192 Å². The monoisotopic (exact) mass is 451 g/mol. The second kappa shape index (κ2) is 8.65. The van der Waals surface area contributed by atoms with E-state index in [-0.39, 0.29) is 11.9 Å². The Morgan fingerprint density at radius 3 is 2.53 bits per heavy atom. The van der Waals surface area contributed by atoms with Crippen molar-refractivity contribution in [1.82, 2.24) is 19.8 Å². The van der Waals surface area contributed by atoms with Crippen molar-refractivity contribution < 1.29 is 9.90 Å². The lowest BCUT2D eigenvalue weighted by molar-refractivity contribution is 0.0376. The third-order valence-electron chi connectivity index (χ3n) is 6.49. The molecule has 3 heterocycles. The number of anilines is 1. The number of amides is 1. The summed E-state index contributed by atoms with van der Waals surface area (Å²) in [4.78, 5) is 28.0. The molecule has 1 aromatic heterocycles. The van der Waals surface area contributed by atoms with E-state index in [1.165, 1.54) is 0 Å². The Bertz CT molecular complexity index is 1130. The summed E-state index contributed by atoms with van der Waals surface area (Å²) in [5, 5.41) is 12.5. The predicted molar refractivity (Wildman–Crippen MR) is 125 cm³/mol. The van der Waals surface area contributed by atoms with E-state index in [0.29, 0.717) is 36.8 Å². The van der Waals surface area contributed by atoms with Crippen molar-refractivity contribution in [2.45, 2.75) is 19.1 Å². The van der Waals surface area contributed by atoms with Crippen molar-refractivity contribution in [2.24, 2.45) is 0 Å². The van der Waals surface area contributed by atoms with Crippen LogP contribution in [0.2, 0.25) is 5.02 Å². The number of β-amino-alcohol motifs (C(OH)–C–C–N with tert-alkyl or cyclic N) is 1. The Hall–Kier alpha value is -2.74. The number of aliphatic hydroxyl groups excluding tert-OH is 1. The quantitative estimate of drug-likeness (QED) is 0.660. The van der Waals surface area contributed by atoms with Crippen LogP contribution < -0.4 is 4.90 Å². The summed E-state index contributed by atoms with van der Waals surface area (Å²) in [7, 11) is 0. The molecule has 8 heteroatoms. The SMILES string of the molecule is Cc1ccc2c(N3C[C@@H](O)[C@H](N4CCN(C(=O)c5ccc(Cl)cc5)CC4)C3)ncnc2c1. The molecule has 7 nitrogen and oxygen atoms in total. The molecule has 2 aliphatic heterocycles. The van der Waals surface area contributed by atoms with Crippen molar-refractivity contribution in [3.63, 3.8) is 0 Å². The lowest BCUT2D eigenvalue weighted by atomic mass is 10.1. The third-order valence-corrected chi connectivity index (χ3v) is 6.74. The highest BCUT2D eigenvalue weighted by molar-refractivity contribution is 6.30. The van der Waals surface area contributed by atoms with Gasteiger partial charge in [-0.05, 0) is 48.9 Å². The number of carbonyl (C=O) groups excluding carboxylic acids is 1. The van der Waals surface area contributed by atoms with Crippen LogP contribution in [0, 0.1) is 6.92 Å². The number of aliphatic hydroxyl groups is 1. The molecule has 0 radical (unpaired) electrons. The van der Waals surface area contributed by atoms with Crippen LogP contribution >= 0.6 is 11.6 Å². The molecule has 2 aliphatic rings. The van der Waals surface area contributed by atoms with E-state index in [0.717, 1.165) is 35.4 Å². The number of benzene rings is 2. The number of rotatable bonds is 3. The van der Waals surface area contributed by atoms with E-state index in [2.05, 4.69) is 38.0 Å². The van der Waals surface area contributed by atoms with Gasteiger partial charge in [-0.15, -0.1) is 0 Å². The van der Waals surface area contributed by atoms with Gasteiger partial charge in [0.15, 0.2) is 0 Å². The molecule has 2 saturated heterocycles. The number of carbonyl (C=O) groups is 1. The molecule has 2 atom stereocenters. The molecule has 32 heavy (non-hydrogen) atoms. The molecular weight excluding hydrogens is 426 g/mol. The lowest BCUT2D eigenvalue weighted by Gasteiger charge is -2.38. The molecule has 0 saturated carbocycles. The van der Waals surface area contributed by atoms with Gasteiger partial charge >= 0.3 is 0 Å². The molecule has 2 aromatic carbocycles. The van der Waals surface area contributed by atoms with Crippen molar-refractivity contribution >= 4 is 34.2 Å². The summed E-state index contributed by atoms with van der Waals surface area (Å²) >= 11 is 5.94. The third kappa shape index (κ3) is 4.03. The number of hydrogen-bond donors (Lipinski definition) is 1. The Kier molecular flexibility index (Phi) is 5.71. The zero-order valence-electron chi connectivity index (χ0n) is 18.0. The van der Waals surface area contributed by atoms with Crippen LogP contribution in [-0.2, 0) is 0 Å². The molecule has 5 rings (SSSR count). The average Bonchev–Trinajstić information content (AvgIpc) is 3.20. The number of aromatic nitrogens is 2. The largest absolute Gasteiger partial charge is 0.390 e. The van der Waals surface area contributed by atoms with Crippen LogP contribution in [0.4, 0.5) is 5.82 Å². The van der Waals surface area contributed by atoms with Crippen LogP contribution in [0.1, 0.15) is 15.9 Å². The van der Waals surface area contributed by atoms with Crippen LogP contribution in [0.25, 0.3) is 10.9 Å². The van der Waals surface area contributed by atoms with Gasteiger partial charge < -0.3 is 14.9 Å². The van der Waals surface area contributed by atoms with Gasteiger partial charge in [0.2, 0.25) is 0 Å². The van der Waals surface area contributed by atoms with Gasteiger partial charge in [-0.1, -0.05) is 17.7 Å². The second-order valence-corrected chi connectivity index (χ2v) is 9.03. The first-order chi connectivity index (χ1) is 15.5. The first-order valence-corrected chi connectivity index (χ1v) is 11.3. The smallest absolute Gasteiger partial charge is 0.253 e. The molecule has 1 N–H and O–H groups in total. The molecule has 0 aliphatic carbocycles. The Morgan fingerprint density at radius 1 is 1.03 bits per heavy atom. The summed E-state index contributed by atoms with van der Waals surface area (Å²) in [6.07, 6.45) is 1.13. The van der Waals surface area contributed by atoms with Gasteiger partial charge in [-0.25, -0.2) is 9.97 Å². The summed E-state index contributed by atoms with van der Waals surface area (Å²) in [6, 6.07) is 13.2. The number of nitrogens with zero attached hydrogens (tertiary/aromatic N) is 5. The van der Waals surface area contributed by atoms with Gasteiger partial charge in [0, 0.05) is 55.2 Å². The maximum atomic E-state index is 12.8. The van der Waals surface area contributed by atoms with E-state index in [9.17, 15) is 9.90 Å². The van der Waals surface area contributed by atoms with E-state index in [1.807, 2.05) is 11.8 Å². The van der Waals surface area contributed by atoms with Crippen molar-refractivity contribution in [1.29, 1.82) is 0 Å². The van der Waals surface area contributed by atoms with Gasteiger partial charge in [0.05, 0.1) is 17.7 Å². The van der Waals surface area contributed by atoms with Crippen molar-refractivity contribution in [3.05, 3.63) is 64.9 Å². The van der Waals surface area contributed by atoms with Gasteiger partial charge in [0.25, 0.3) is 5.91 Å². The van der Waals surface area contributed by atoms with Gasteiger partial charge in [0.1, 0.15) is 12.1 Å². The first kappa shape index (κ1) is 21.1. The normalized spacial score (nSPS) is 22.0. The van der Waals surface area contributed by atoms with E-state index in [1.54, 1.807) is 30.6 Å². The topological polar surface area (TPSA) is 72.8 Å². The van der Waals surface area contributed by atoms with Crippen LogP contribution in [-0.4, -0.2) is 82.2 Å². The Balaban J connectivity index is 1.25. The first-order valence-electron chi connectivity index (χ1n) is 10.9. The number of hydrogen-bond acceptors (Lipinski definition) is 6. The molecule has 166 valence electrons. The summed E-state index contributed by atoms with van der Waals surface area (Å²) in [6.45, 7) is 6.03. The Morgan fingerprint density at radius 2 is 1.78 bits per heavy atom. The molecule has 3 aromatic rings. The van der Waals surface area contributed by atoms with Crippen LogP contribution in [0.3, 0.4) is 0 Å². The summed E-state index contributed by atoms with van der Waals surface area (Å²) in [5.74, 6) is 0.894. The molecular formula is C24H26ClN5O2. The fourth-order valence-corrected chi connectivity index (χ4v) is 4.86. The fourth-order valence-electron chi connectivity index (χ4n) is 4.74. The molecule has 0 bridgehead atoms. The zero-order valence-corrected chi connectivity index (χ0v) is 18.7. The maximum absolute atomic E-state index is 12.8. The number of aryl methyl sites for hydroxylation is 1. The number of halogens is 1. The predicted octanol–water partition coefficient (Wildman–Crippen LogP) is 2.60. The van der Waals surface area contributed by atoms with E-state index < -0.39 is 6.10 Å².